The number of hydrogen-bond donors (Lipinski definition) is 1. The van der Waals surface area contributed by atoms with Gasteiger partial charge in [-0.1, -0.05) is 6.07 Å². The van der Waals surface area contributed by atoms with Crippen LogP contribution in [0.4, 0.5) is 11.4 Å². The number of benzene rings is 1. The van der Waals surface area contributed by atoms with Crippen LogP contribution in [0.15, 0.2) is 18.2 Å². The molecule has 2 aliphatic heterocycles. The van der Waals surface area contributed by atoms with Gasteiger partial charge in [0.25, 0.3) is 0 Å². The fourth-order valence-corrected chi connectivity index (χ4v) is 3.09. The third kappa shape index (κ3) is 1.97. The SMILES string of the molecule is CC1CN(c2ccc3c(c2)NCC3)CC(C)N1C. The van der Waals surface area contributed by atoms with Crippen LogP contribution in [0, 0.1) is 0 Å². The summed E-state index contributed by atoms with van der Waals surface area (Å²) < 4.78 is 0. The highest BCUT2D eigenvalue weighted by Gasteiger charge is 2.27. The van der Waals surface area contributed by atoms with E-state index in [1.54, 1.807) is 0 Å². The van der Waals surface area contributed by atoms with E-state index in [9.17, 15) is 0 Å². The van der Waals surface area contributed by atoms with E-state index in [4.69, 9.17) is 0 Å². The molecule has 0 aromatic heterocycles. The first kappa shape index (κ1) is 11.8. The van der Waals surface area contributed by atoms with Crippen LogP contribution >= 0.6 is 0 Å². The Labute approximate surface area is 110 Å². The molecule has 0 amide bonds. The quantitative estimate of drug-likeness (QED) is 0.818. The molecule has 2 atom stereocenters. The standard InChI is InChI=1S/C15H23N3/c1-11-9-18(10-12(2)17(11)3)14-5-4-13-6-7-16-15(13)8-14/h4-5,8,11-12,16H,6-7,9-10H2,1-3H3. The number of nitrogens with one attached hydrogen (secondary N) is 1. The molecule has 18 heavy (non-hydrogen) atoms. The van der Waals surface area contributed by atoms with E-state index < -0.39 is 0 Å². The van der Waals surface area contributed by atoms with Crippen LogP contribution in [0.1, 0.15) is 19.4 Å². The Kier molecular flexibility index (Phi) is 2.94. The fourth-order valence-electron chi connectivity index (χ4n) is 3.09. The third-order valence-electron chi connectivity index (χ3n) is 4.53. The molecule has 3 rings (SSSR count). The van der Waals surface area contributed by atoms with Crippen molar-refractivity contribution in [2.75, 3.05) is 36.9 Å². The van der Waals surface area contributed by atoms with Crippen molar-refractivity contribution in [2.24, 2.45) is 0 Å². The molecule has 2 unspecified atom stereocenters. The van der Waals surface area contributed by atoms with Crippen molar-refractivity contribution in [1.82, 2.24) is 4.90 Å². The third-order valence-corrected chi connectivity index (χ3v) is 4.53. The average Bonchev–Trinajstić information content (AvgIpc) is 2.82. The lowest BCUT2D eigenvalue weighted by molar-refractivity contribution is 0.170. The van der Waals surface area contributed by atoms with Gasteiger partial charge in [-0.05, 0) is 45.0 Å². The van der Waals surface area contributed by atoms with Gasteiger partial charge in [0.05, 0.1) is 0 Å². The molecule has 1 fully saturated rings. The van der Waals surface area contributed by atoms with Gasteiger partial charge in [0, 0.05) is 43.1 Å². The maximum atomic E-state index is 3.47. The minimum Gasteiger partial charge on any atom is -0.384 e. The Hall–Kier alpha value is -1.22. The zero-order valence-electron chi connectivity index (χ0n) is 11.6. The zero-order chi connectivity index (χ0) is 12.7. The Morgan fingerprint density at radius 1 is 1.17 bits per heavy atom. The molecule has 1 saturated heterocycles. The van der Waals surface area contributed by atoms with Crippen molar-refractivity contribution in [1.29, 1.82) is 0 Å². The predicted molar refractivity (Wildman–Crippen MR) is 77.5 cm³/mol. The normalized spacial score (nSPS) is 28.1. The van der Waals surface area contributed by atoms with E-state index in [0.29, 0.717) is 12.1 Å². The lowest BCUT2D eigenvalue weighted by Crippen LogP contribution is -2.55. The molecular weight excluding hydrogens is 222 g/mol. The molecule has 98 valence electrons. The first-order valence-corrected chi connectivity index (χ1v) is 6.99. The number of rotatable bonds is 1. The number of likely N-dealkylation sites (N-methyl/N-ethyl adjacent to an activating group) is 1. The van der Waals surface area contributed by atoms with Gasteiger partial charge in [-0.3, -0.25) is 4.90 Å². The lowest BCUT2D eigenvalue weighted by Gasteiger charge is -2.43. The highest BCUT2D eigenvalue weighted by Crippen LogP contribution is 2.29. The van der Waals surface area contributed by atoms with E-state index in [1.807, 2.05) is 0 Å². The fraction of sp³-hybridized carbons (Fsp3) is 0.600. The number of hydrogen-bond acceptors (Lipinski definition) is 3. The summed E-state index contributed by atoms with van der Waals surface area (Å²) in [4.78, 5) is 5.00. The Morgan fingerprint density at radius 3 is 2.61 bits per heavy atom. The van der Waals surface area contributed by atoms with Gasteiger partial charge in [0.2, 0.25) is 0 Å². The number of fused-ring (bicyclic) bond motifs is 1. The largest absolute Gasteiger partial charge is 0.384 e. The summed E-state index contributed by atoms with van der Waals surface area (Å²) in [6.45, 7) is 7.97. The van der Waals surface area contributed by atoms with Crippen molar-refractivity contribution in [3.63, 3.8) is 0 Å². The minimum atomic E-state index is 0.620. The highest BCUT2D eigenvalue weighted by molar-refractivity contribution is 5.65. The first-order chi connectivity index (χ1) is 8.65. The molecule has 0 saturated carbocycles. The summed E-state index contributed by atoms with van der Waals surface area (Å²) in [6, 6.07) is 8.15. The number of nitrogens with zero attached hydrogens (tertiary/aromatic N) is 2. The molecule has 0 bridgehead atoms. The van der Waals surface area contributed by atoms with Crippen molar-refractivity contribution >= 4 is 11.4 Å². The van der Waals surface area contributed by atoms with Gasteiger partial charge in [-0.15, -0.1) is 0 Å². The van der Waals surface area contributed by atoms with Crippen LogP contribution in [0.5, 0.6) is 0 Å². The topological polar surface area (TPSA) is 18.5 Å². The monoisotopic (exact) mass is 245 g/mol. The first-order valence-electron chi connectivity index (χ1n) is 6.99. The summed E-state index contributed by atoms with van der Waals surface area (Å²) in [5.74, 6) is 0. The molecule has 3 heteroatoms. The van der Waals surface area contributed by atoms with Gasteiger partial charge >= 0.3 is 0 Å². The molecule has 1 N–H and O–H groups in total. The van der Waals surface area contributed by atoms with E-state index in [1.165, 1.54) is 23.4 Å². The van der Waals surface area contributed by atoms with Gasteiger partial charge in [0.15, 0.2) is 0 Å². The number of piperazine rings is 1. The summed E-state index contributed by atoms with van der Waals surface area (Å²) >= 11 is 0. The van der Waals surface area contributed by atoms with Crippen LogP contribution in [-0.2, 0) is 6.42 Å². The molecule has 0 spiro atoms. The van der Waals surface area contributed by atoms with E-state index in [-0.39, 0.29) is 0 Å². The van der Waals surface area contributed by atoms with Gasteiger partial charge < -0.3 is 10.2 Å². The average molecular weight is 245 g/mol. The Morgan fingerprint density at radius 2 is 1.89 bits per heavy atom. The molecule has 0 radical (unpaired) electrons. The van der Waals surface area contributed by atoms with Crippen molar-refractivity contribution in [3.05, 3.63) is 23.8 Å². The molecule has 2 aliphatic rings. The predicted octanol–water partition coefficient (Wildman–Crippen LogP) is 2.18. The molecule has 1 aromatic carbocycles. The smallest absolute Gasteiger partial charge is 0.0394 e. The zero-order valence-corrected chi connectivity index (χ0v) is 11.6. The van der Waals surface area contributed by atoms with Crippen LogP contribution in [0.2, 0.25) is 0 Å². The van der Waals surface area contributed by atoms with E-state index >= 15 is 0 Å². The van der Waals surface area contributed by atoms with Gasteiger partial charge in [-0.25, -0.2) is 0 Å². The molecular formula is C15H23N3. The maximum absolute atomic E-state index is 3.47. The van der Waals surface area contributed by atoms with Crippen LogP contribution in [-0.4, -0.2) is 43.7 Å². The van der Waals surface area contributed by atoms with E-state index in [0.717, 1.165) is 19.6 Å². The Balaban J connectivity index is 1.82. The minimum absolute atomic E-state index is 0.620. The summed E-state index contributed by atoms with van der Waals surface area (Å²) in [5.41, 5.74) is 4.18. The van der Waals surface area contributed by atoms with Crippen molar-refractivity contribution < 1.29 is 0 Å². The second-order valence-electron chi connectivity index (χ2n) is 5.79. The Bertz CT molecular complexity index is 431. The highest BCUT2D eigenvalue weighted by atomic mass is 15.3. The van der Waals surface area contributed by atoms with Crippen LogP contribution in [0.25, 0.3) is 0 Å². The van der Waals surface area contributed by atoms with Crippen LogP contribution in [0.3, 0.4) is 0 Å². The molecule has 3 nitrogen and oxygen atoms in total. The summed E-state index contributed by atoms with van der Waals surface area (Å²) in [6.07, 6.45) is 1.17. The second kappa shape index (κ2) is 4.47. The summed E-state index contributed by atoms with van der Waals surface area (Å²) in [5, 5.41) is 3.47. The molecule has 2 heterocycles. The lowest BCUT2D eigenvalue weighted by atomic mass is 10.1. The second-order valence-corrected chi connectivity index (χ2v) is 5.79. The van der Waals surface area contributed by atoms with E-state index in [2.05, 4.69) is 54.2 Å². The van der Waals surface area contributed by atoms with Gasteiger partial charge in [0.1, 0.15) is 0 Å². The van der Waals surface area contributed by atoms with Crippen molar-refractivity contribution in [2.45, 2.75) is 32.4 Å². The number of anilines is 2. The van der Waals surface area contributed by atoms with Gasteiger partial charge in [-0.2, -0.15) is 0 Å². The maximum Gasteiger partial charge on any atom is 0.0394 e. The molecule has 1 aromatic rings. The summed E-state index contributed by atoms with van der Waals surface area (Å²) in [7, 11) is 2.23. The molecule has 0 aliphatic carbocycles. The van der Waals surface area contributed by atoms with Crippen molar-refractivity contribution in [3.8, 4) is 0 Å². The van der Waals surface area contributed by atoms with Crippen LogP contribution < -0.4 is 10.2 Å².